The van der Waals surface area contributed by atoms with E-state index in [-0.39, 0.29) is 22.8 Å². The molecule has 0 unspecified atom stereocenters. The second kappa shape index (κ2) is 12.4. The summed E-state index contributed by atoms with van der Waals surface area (Å²) in [6, 6.07) is 24.4. The molecular weight excluding hydrogens is 484 g/mol. The van der Waals surface area contributed by atoms with Gasteiger partial charge in [0.1, 0.15) is 5.75 Å². The van der Waals surface area contributed by atoms with Crippen LogP contribution in [-0.2, 0) is 27.8 Å². The molecule has 3 aromatic carbocycles. The summed E-state index contributed by atoms with van der Waals surface area (Å²) in [5, 5.41) is 3.18. The van der Waals surface area contributed by atoms with Crippen LogP contribution in [0, 0.1) is 12.8 Å². The number of methoxy groups -OCH3 is 1. The molecule has 0 aromatic heterocycles. The normalized spacial score (nSPS) is 17.9. The molecule has 0 radical (unpaired) electrons. The van der Waals surface area contributed by atoms with E-state index >= 15 is 0 Å². The summed E-state index contributed by atoms with van der Waals surface area (Å²) in [7, 11) is -2.12. The van der Waals surface area contributed by atoms with Crippen molar-refractivity contribution in [2.45, 2.75) is 56.5 Å². The Morgan fingerprint density at radius 3 is 2.16 bits per heavy atom. The standard InChI is InChI=1S/C30H36N2O4S/c1-23-8-10-24(11-9-23)20-30(33)31-27-14-12-26(13-15-27)22-32(21-25-6-4-3-5-7-25)37(34,35)29-18-16-28(36-2)17-19-29/h3-11,16-19,26-27H,12-15,20-22H2,1-2H3,(H,31,33). The van der Waals surface area contributed by atoms with Crippen molar-refractivity contribution >= 4 is 15.9 Å². The number of aryl methyl sites for hydroxylation is 1. The molecule has 1 aliphatic rings. The highest BCUT2D eigenvalue weighted by atomic mass is 32.2. The van der Waals surface area contributed by atoms with Gasteiger partial charge in [-0.2, -0.15) is 4.31 Å². The first-order valence-corrected chi connectivity index (χ1v) is 14.3. The second-order valence-corrected chi connectivity index (χ2v) is 11.8. The van der Waals surface area contributed by atoms with Crippen molar-refractivity contribution in [1.82, 2.24) is 9.62 Å². The zero-order valence-corrected chi connectivity index (χ0v) is 22.4. The molecule has 1 aliphatic carbocycles. The summed E-state index contributed by atoms with van der Waals surface area (Å²) >= 11 is 0. The lowest BCUT2D eigenvalue weighted by Crippen LogP contribution is -2.41. The van der Waals surface area contributed by atoms with Crippen molar-refractivity contribution in [2.24, 2.45) is 5.92 Å². The van der Waals surface area contributed by atoms with Crippen LogP contribution in [-0.4, -0.2) is 38.3 Å². The number of hydrogen-bond acceptors (Lipinski definition) is 4. The number of ether oxygens (including phenoxy) is 1. The Morgan fingerprint density at radius 1 is 0.892 bits per heavy atom. The average Bonchev–Trinajstić information content (AvgIpc) is 2.91. The van der Waals surface area contributed by atoms with Crippen LogP contribution in [0.3, 0.4) is 0 Å². The number of carbonyl (C=O) groups is 1. The first-order chi connectivity index (χ1) is 17.8. The van der Waals surface area contributed by atoms with Gasteiger partial charge in [-0.1, -0.05) is 60.2 Å². The molecule has 0 bridgehead atoms. The number of nitrogens with zero attached hydrogens (tertiary/aromatic N) is 1. The van der Waals surface area contributed by atoms with Crippen LogP contribution in [0.2, 0.25) is 0 Å². The Bertz CT molecular complexity index is 1250. The molecule has 1 amide bonds. The minimum Gasteiger partial charge on any atom is -0.497 e. The van der Waals surface area contributed by atoms with E-state index in [0.717, 1.165) is 36.8 Å². The van der Waals surface area contributed by atoms with E-state index < -0.39 is 10.0 Å². The molecule has 0 saturated heterocycles. The molecular formula is C30H36N2O4S. The van der Waals surface area contributed by atoms with E-state index in [2.05, 4.69) is 5.32 Å². The molecule has 0 aliphatic heterocycles. The van der Waals surface area contributed by atoms with Gasteiger partial charge in [-0.3, -0.25) is 4.79 Å². The highest BCUT2D eigenvalue weighted by Crippen LogP contribution is 2.29. The van der Waals surface area contributed by atoms with E-state index in [4.69, 9.17) is 4.74 Å². The van der Waals surface area contributed by atoms with Crippen molar-refractivity contribution in [3.63, 3.8) is 0 Å². The van der Waals surface area contributed by atoms with Gasteiger partial charge in [-0.05, 0) is 73.9 Å². The van der Waals surface area contributed by atoms with Crippen molar-refractivity contribution < 1.29 is 17.9 Å². The Morgan fingerprint density at radius 2 is 1.54 bits per heavy atom. The number of amides is 1. The van der Waals surface area contributed by atoms with E-state index in [1.807, 2.05) is 61.5 Å². The molecule has 37 heavy (non-hydrogen) atoms. The number of rotatable bonds is 10. The molecule has 196 valence electrons. The lowest BCUT2D eigenvalue weighted by Gasteiger charge is -2.33. The van der Waals surface area contributed by atoms with E-state index in [1.165, 1.54) is 5.56 Å². The largest absolute Gasteiger partial charge is 0.497 e. The van der Waals surface area contributed by atoms with Gasteiger partial charge in [-0.15, -0.1) is 0 Å². The Hall–Kier alpha value is -3.16. The average molecular weight is 521 g/mol. The lowest BCUT2D eigenvalue weighted by atomic mass is 9.86. The maximum Gasteiger partial charge on any atom is 0.243 e. The number of carbonyl (C=O) groups excluding carboxylic acids is 1. The summed E-state index contributed by atoms with van der Waals surface area (Å²) in [5.74, 6) is 0.901. The molecule has 4 rings (SSSR count). The highest BCUT2D eigenvalue weighted by Gasteiger charge is 2.30. The summed E-state index contributed by atoms with van der Waals surface area (Å²) in [6.07, 6.45) is 3.83. The van der Waals surface area contributed by atoms with Crippen molar-refractivity contribution in [3.8, 4) is 5.75 Å². The highest BCUT2D eigenvalue weighted by molar-refractivity contribution is 7.89. The van der Waals surface area contributed by atoms with E-state index in [9.17, 15) is 13.2 Å². The zero-order chi connectivity index (χ0) is 26.3. The van der Waals surface area contributed by atoms with Crippen LogP contribution < -0.4 is 10.1 Å². The predicted octanol–water partition coefficient (Wildman–Crippen LogP) is 5.11. The molecule has 0 atom stereocenters. The third-order valence-electron chi connectivity index (χ3n) is 7.06. The number of hydrogen-bond donors (Lipinski definition) is 1. The third-order valence-corrected chi connectivity index (χ3v) is 8.88. The minimum atomic E-state index is -3.69. The second-order valence-electron chi connectivity index (χ2n) is 9.91. The van der Waals surface area contributed by atoms with Crippen molar-refractivity contribution in [1.29, 1.82) is 0 Å². The summed E-state index contributed by atoms with van der Waals surface area (Å²) in [4.78, 5) is 12.8. The fourth-order valence-electron chi connectivity index (χ4n) is 4.88. The van der Waals surface area contributed by atoms with Gasteiger partial charge in [0.05, 0.1) is 18.4 Å². The topological polar surface area (TPSA) is 75.7 Å². The van der Waals surface area contributed by atoms with Crippen LogP contribution in [0.25, 0.3) is 0 Å². The van der Waals surface area contributed by atoms with Crippen LogP contribution in [0.4, 0.5) is 0 Å². The number of benzene rings is 3. The smallest absolute Gasteiger partial charge is 0.243 e. The van der Waals surface area contributed by atoms with Crippen LogP contribution in [0.1, 0.15) is 42.4 Å². The molecule has 1 saturated carbocycles. The third kappa shape index (κ3) is 7.43. The first-order valence-electron chi connectivity index (χ1n) is 12.9. The molecule has 0 spiro atoms. The van der Waals surface area contributed by atoms with Crippen molar-refractivity contribution in [2.75, 3.05) is 13.7 Å². The molecule has 1 fully saturated rings. The molecule has 1 N–H and O–H groups in total. The maximum atomic E-state index is 13.6. The summed E-state index contributed by atoms with van der Waals surface area (Å²) in [5.41, 5.74) is 3.14. The first kappa shape index (κ1) is 26.9. The van der Waals surface area contributed by atoms with Gasteiger partial charge in [-0.25, -0.2) is 8.42 Å². The zero-order valence-electron chi connectivity index (χ0n) is 21.6. The van der Waals surface area contributed by atoms with Gasteiger partial charge in [0, 0.05) is 19.1 Å². The van der Waals surface area contributed by atoms with Gasteiger partial charge in [0.15, 0.2) is 0 Å². The van der Waals surface area contributed by atoms with Gasteiger partial charge in [0.25, 0.3) is 0 Å². The summed E-state index contributed by atoms with van der Waals surface area (Å²) < 4.78 is 34.1. The fraction of sp³-hybridized carbons (Fsp3) is 0.367. The SMILES string of the molecule is COc1ccc(S(=O)(=O)N(Cc2ccccc2)CC2CCC(NC(=O)Cc3ccc(C)cc3)CC2)cc1. The molecule has 6 nitrogen and oxygen atoms in total. The van der Waals surface area contributed by atoms with Gasteiger partial charge in [0.2, 0.25) is 15.9 Å². The Balaban J connectivity index is 1.38. The number of sulfonamides is 1. The van der Waals surface area contributed by atoms with Crippen LogP contribution >= 0.6 is 0 Å². The van der Waals surface area contributed by atoms with Crippen LogP contribution in [0.15, 0.2) is 83.8 Å². The van der Waals surface area contributed by atoms with Crippen molar-refractivity contribution in [3.05, 3.63) is 95.6 Å². The lowest BCUT2D eigenvalue weighted by molar-refractivity contribution is -0.121. The molecule has 3 aromatic rings. The molecule has 0 heterocycles. The number of nitrogens with one attached hydrogen (secondary N) is 1. The maximum absolute atomic E-state index is 13.6. The van der Waals surface area contributed by atoms with Gasteiger partial charge < -0.3 is 10.1 Å². The van der Waals surface area contributed by atoms with E-state index in [0.29, 0.717) is 25.3 Å². The summed E-state index contributed by atoms with van der Waals surface area (Å²) in [6.45, 7) is 2.81. The fourth-order valence-corrected chi connectivity index (χ4v) is 6.38. The monoisotopic (exact) mass is 520 g/mol. The Labute approximate surface area is 220 Å². The van der Waals surface area contributed by atoms with E-state index in [1.54, 1.807) is 35.7 Å². The minimum absolute atomic E-state index is 0.0418. The van der Waals surface area contributed by atoms with Crippen LogP contribution in [0.5, 0.6) is 5.75 Å². The predicted molar refractivity (Wildman–Crippen MR) is 146 cm³/mol. The van der Waals surface area contributed by atoms with Gasteiger partial charge >= 0.3 is 0 Å². The quantitative estimate of drug-likeness (QED) is 0.403. The Kier molecular flexibility index (Phi) is 9.00. The molecule has 7 heteroatoms.